The van der Waals surface area contributed by atoms with Gasteiger partial charge in [0.05, 0.1) is 5.56 Å². The molecule has 0 aliphatic rings. The van der Waals surface area contributed by atoms with Gasteiger partial charge in [0.25, 0.3) is 0 Å². The van der Waals surface area contributed by atoms with Crippen LogP contribution in [0.25, 0.3) is 0 Å². The fraction of sp³-hybridized carbons (Fsp3) is 0.133. The lowest BCUT2D eigenvalue weighted by Gasteiger charge is -2.04. The SMILES string of the molecule is Cc1cccc(C(=O)c2cc(C)ccc2F)c1. The third kappa shape index (κ3) is 2.41. The van der Waals surface area contributed by atoms with Crippen LogP contribution in [0.2, 0.25) is 0 Å². The molecule has 0 aliphatic carbocycles. The highest BCUT2D eigenvalue weighted by molar-refractivity contribution is 6.09. The predicted molar refractivity (Wildman–Crippen MR) is 65.7 cm³/mol. The average Bonchev–Trinajstić information content (AvgIpc) is 2.31. The second-order valence-electron chi connectivity index (χ2n) is 4.18. The van der Waals surface area contributed by atoms with Crippen LogP contribution in [-0.2, 0) is 0 Å². The van der Waals surface area contributed by atoms with Crippen LogP contribution in [0, 0.1) is 19.7 Å². The van der Waals surface area contributed by atoms with Crippen molar-refractivity contribution in [3.05, 3.63) is 70.5 Å². The Bertz CT molecular complexity index is 573. The van der Waals surface area contributed by atoms with Crippen LogP contribution < -0.4 is 0 Å². The van der Waals surface area contributed by atoms with E-state index in [1.165, 1.54) is 6.07 Å². The van der Waals surface area contributed by atoms with E-state index in [1.807, 2.05) is 19.9 Å². The van der Waals surface area contributed by atoms with E-state index in [1.54, 1.807) is 30.3 Å². The van der Waals surface area contributed by atoms with Gasteiger partial charge in [-0.15, -0.1) is 0 Å². The summed E-state index contributed by atoms with van der Waals surface area (Å²) in [6.45, 7) is 3.75. The smallest absolute Gasteiger partial charge is 0.195 e. The molecule has 0 aromatic heterocycles. The number of hydrogen-bond donors (Lipinski definition) is 0. The molecule has 0 unspecified atom stereocenters. The standard InChI is InChI=1S/C15H13FO/c1-10-4-3-5-12(8-10)15(17)13-9-11(2)6-7-14(13)16/h3-9H,1-2H3. The zero-order chi connectivity index (χ0) is 12.4. The molecule has 0 radical (unpaired) electrons. The normalized spacial score (nSPS) is 10.3. The number of carbonyl (C=O) groups excluding carboxylic acids is 1. The summed E-state index contributed by atoms with van der Waals surface area (Å²) in [4.78, 5) is 12.1. The average molecular weight is 228 g/mol. The number of carbonyl (C=O) groups is 1. The maximum atomic E-state index is 13.6. The Morgan fingerprint density at radius 1 is 1.00 bits per heavy atom. The molecule has 86 valence electrons. The Labute approximate surface area is 99.9 Å². The van der Waals surface area contributed by atoms with Gasteiger partial charge in [0.2, 0.25) is 0 Å². The van der Waals surface area contributed by atoms with Crippen molar-refractivity contribution >= 4 is 5.78 Å². The second-order valence-corrected chi connectivity index (χ2v) is 4.18. The summed E-state index contributed by atoms with van der Waals surface area (Å²) in [5.41, 5.74) is 2.52. The molecule has 17 heavy (non-hydrogen) atoms. The lowest BCUT2D eigenvalue weighted by atomic mass is 10.00. The van der Waals surface area contributed by atoms with E-state index in [4.69, 9.17) is 0 Å². The summed E-state index contributed by atoms with van der Waals surface area (Å²) < 4.78 is 13.6. The molecular weight excluding hydrogens is 215 g/mol. The molecule has 2 aromatic rings. The zero-order valence-corrected chi connectivity index (χ0v) is 9.83. The van der Waals surface area contributed by atoms with Crippen molar-refractivity contribution < 1.29 is 9.18 Å². The Hall–Kier alpha value is -1.96. The molecule has 0 spiro atoms. The largest absolute Gasteiger partial charge is 0.288 e. The zero-order valence-electron chi connectivity index (χ0n) is 9.83. The van der Waals surface area contributed by atoms with Gasteiger partial charge in [0.1, 0.15) is 5.82 Å². The molecule has 0 N–H and O–H groups in total. The van der Waals surface area contributed by atoms with Crippen molar-refractivity contribution in [3.63, 3.8) is 0 Å². The van der Waals surface area contributed by atoms with Gasteiger partial charge >= 0.3 is 0 Å². The topological polar surface area (TPSA) is 17.1 Å². The van der Waals surface area contributed by atoms with Gasteiger partial charge in [-0.3, -0.25) is 4.79 Å². The van der Waals surface area contributed by atoms with Crippen LogP contribution in [-0.4, -0.2) is 5.78 Å². The molecule has 0 saturated heterocycles. The molecule has 0 aliphatic heterocycles. The van der Waals surface area contributed by atoms with E-state index in [0.29, 0.717) is 5.56 Å². The Balaban J connectivity index is 2.47. The molecule has 0 bridgehead atoms. The van der Waals surface area contributed by atoms with Gasteiger partial charge in [-0.1, -0.05) is 35.4 Å². The van der Waals surface area contributed by atoms with Crippen molar-refractivity contribution in [2.75, 3.05) is 0 Å². The number of ketones is 1. The number of aryl methyl sites for hydroxylation is 2. The molecule has 2 heteroatoms. The third-order valence-corrected chi connectivity index (χ3v) is 2.65. The van der Waals surface area contributed by atoms with Crippen molar-refractivity contribution in [3.8, 4) is 0 Å². The molecule has 0 amide bonds. The second kappa shape index (κ2) is 4.50. The Kier molecular flexibility index (Phi) is 3.05. The summed E-state index contributed by atoms with van der Waals surface area (Å²) in [5, 5.41) is 0. The Morgan fingerprint density at radius 2 is 1.71 bits per heavy atom. The molecular formula is C15H13FO. The fourth-order valence-corrected chi connectivity index (χ4v) is 1.75. The van der Waals surface area contributed by atoms with Crippen molar-refractivity contribution in [1.82, 2.24) is 0 Å². The minimum Gasteiger partial charge on any atom is -0.288 e. The van der Waals surface area contributed by atoms with Gasteiger partial charge in [-0.25, -0.2) is 4.39 Å². The molecule has 2 rings (SSSR count). The molecule has 2 aromatic carbocycles. The number of halogens is 1. The van der Waals surface area contributed by atoms with Crippen LogP contribution >= 0.6 is 0 Å². The van der Waals surface area contributed by atoms with Crippen LogP contribution in [0.1, 0.15) is 27.0 Å². The first-order valence-corrected chi connectivity index (χ1v) is 5.45. The number of rotatable bonds is 2. The lowest BCUT2D eigenvalue weighted by molar-refractivity contribution is 0.103. The summed E-state index contributed by atoms with van der Waals surface area (Å²) in [5.74, 6) is -0.739. The van der Waals surface area contributed by atoms with E-state index >= 15 is 0 Å². The maximum Gasteiger partial charge on any atom is 0.195 e. The van der Waals surface area contributed by atoms with E-state index in [9.17, 15) is 9.18 Å². The minimum atomic E-state index is -0.470. The van der Waals surface area contributed by atoms with Crippen molar-refractivity contribution in [2.45, 2.75) is 13.8 Å². The summed E-state index contributed by atoms with van der Waals surface area (Å²) >= 11 is 0. The van der Waals surface area contributed by atoms with E-state index in [2.05, 4.69) is 0 Å². The van der Waals surface area contributed by atoms with E-state index in [-0.39, 0.29) is 11.3 Å². The number of benzene rings is 2. The highest BCUT2D eigenvalue weighted by atomic mass is 19.1. The lowest BCUT2D eigenvalue weighted by Crippen LogP contribution is -2.04. The van der Waals surface area contributed by atoms with E-state index in [0.717, 1.165) is 11.1 Å². The molecule has 1 nitrogen and oxygen atoms in total. The predicted octanol–water partition coefficient (Wildman–Crippen LogP) is 3.67. The van der Waals surface area contributed by atoms with Gasteiger partial charge in [-0.05, 0) is 32.0 Å². The van der Waals surface area contributed by atoms with Crippen molar-refractivity contribution in [1.29, 1.82) is 0 Å². The van der Waals surface area contributed by atoms with Gasteiger partial charge in [0.15, 0.2) is 5.78 Å². The van der Waals surface area contributed by atoms with Crippen LogP contribution in [0.15, 0.2) is 42.5 Å². The van der Waals surface area contributed by atoms with Gasteiger partial charge in [0, 0.05) is 5.56 Å². The summed E-state index contributed by atoms with van der Waals surface area (Å²) in [6, 6.07) is 11.8. The van der Waals surface area contributed by atoms with Crippen LogP contribution in [0.4, 0.5) is 4.39 Å². The van der Waals surface area contributed by atoms with Crippen LogP contribution in [0.3, 0.4) is 0 Å². The molecule has 0 heterocycles. The first-order chi connectivity index (χ1) is 8.08. The van der Waals surface area contributed by atoms with Gasteiger partial charge < -0.3 is 0 Å². The highest BCUT2D eigenvalue weighted by Crippen LogP contribution is 2.16. The third-order valence-electron chi connectivity index (χ3n) is 2.65. The summed E-state index contributed by atoms with van der Waals surface area (Å²) in [6.07, 6.45) is 0. The number of hydrogen-bond acceptors (Lipinski definition) is 1. The highest BCUT2D eigenvalue weighted by Gasteiger charge is 2.13. The molecule has 0 atom stereocenters. The molecule has 0 saturated carbocycles. The Morgan fingerprint density at radius 3 is 2.41 bits per heavy atom. The van der Waals surface area contributed by atoms with E-state index < -0.39 is 5.82 Å². The van der Waals surface area contributed by atoms with Gasteiger partial charge in [-0.2, -0.15) is 0 Å². The maximum absolute atomic E-state index is 13.6. The molecule has 0 fully saturated rings. The monoisotopic (exact) mass is 228 g/mol. The quantitative estimate of drug-likeness (QED) is 0.717. The first-order valence-electron chi connectivity index (χ1n) is 5.45. The minimum absolute atomic E-state index is 0.135. The van der Waals surface area contributed by atoms with Crippen molar-refractivity contribution in [2.24, 2.45) is 0 Å². The fourth-order valence-electron chi connectivity index (χ4n) is 1.75. The summed E-state index contributed by atoms with van der Waals surface area (Å²) in [7, 11) is 0. The van der Waals surface area contributed by atoms with Crippen LogP contribution in [0.5, 0.6) is 0 Å². The first kappa shape index (κ1) is 11.5.